The van der Waals surface area contributed by atoms with E-state index in [1.54, 1.807) is 0 Å². The third-order valence-electron chi connectivity index (χ3n) is 3.03. The summed E-state index contributed by atoms with van der Waals surface area (Å²) in [6, 6.07) is 2.64. The molecule has 0 aliphatic heterocycles. The van der Waals surface area contributed by atoms with Crippen molar-refractivity contribution >= 4 is 0 Å². The molecule has 0 bridgehead atoms. The van der Waals surface area contributed by atoms with Crippen molar-refractivity contribution in [1.82, 2.24) is 15.1 Å². The first-order valence-corrected chi connectivity index (χ1v) is 7.08. The second-order valence-electron chi connectivity index (χ2n) is 4.63. The quantitative estimate of drug-likeness (QED) is 0.712. The van der Waals surface area contributed by atoms with Crippen LogP contribution in [0.25, 0.3) is 0 Å². The van der Waals surface area contributed by atoms with E-state index >= 15 is 0 Å². The predicted octanol–water partition coefficient (Wildman–Crippen LogP) is 3.52. The van der Waals surface area contributed by atoms with Crippen LogP contribution in [0, 0.1) is 0 Å². The van der Waals surface area contributed by atoms with E-state index in [9.17, 15) is 0 Å². The SMILES string of the molecule is CCCCC(NCCC)c1ccnn1CCC. The number of rotatable bonds is 9. The van der Waals surface area contributed by atoms with Gasteiger partial charge in [-0.05, 0) is 31.9 Å². The maximum Gasteiger partial charge on any atom is 0.0553 e. The summed E-state index contributed by atoms with van der Waals surface area (Å²) in [6.07, 6.45) is 8.00. The number of unbranched alkanes of at least 4 members (excludes halogenated alkanes) is 1. The van der Waals surface area contributed by atoms with Crippen LogP contribution in [0.15, 0.2) is 12.3 Å². The van der Waals surface area contributed by atoms with E-state index in [0.717, 1.165) is 19.5 Å². The molecule has 1 aromatic heterocycles. The van der Waals surface area contributed by atoms with E-state index in [1.807, 2.05) is 6.20 Å². The third kappa shape index (κ3) is 4.50. The number of hydrogen-bond donors (Lipinski definition) is 1. The lowest BCUT2D eigenvalue weighted by atomic mass is 10.1. The third-order valence-corrected chi connectivity index (χ3v) is 3.03. The molecular formula is C14H27N3. The van der Waals surface area contributed by atoms with Gasteiger partial charge in [0.15, 0.2) is 0 Å². The summed E-state index contributed by atoms with van der Waals surface area (Å²) in [7, 11) is 0. The Bertz CT molecular complexity index is 285. The van der Waals surface area contributed by atoms with Crippen molar-refractivity contribution in [2.24, 2.45) is 0 Å². The van der Waals surface area contributed by atoms with Crippen LogP contribution in [-0.4, -0.2) is 16.3 Å². The van der Waals surface area contributed by atoms with Gasteiger partial charge in [0.05, 0.1) is 5.69 Å². The standard InChI is InChI=1S/C14H27N3/c1-4-7-8-13(15-10-5-2)14-9-11-16-17(14)12-6-3/h9,11,13,15H,4-8,10,12H2,1-3H3. The molecule has 0 aliphatic rings. The number of hydrogen-bond acceptors (Lipinski definition) is 2. The van der Waals surface area contributed by atoms with E-state index in [-0.39, 0.29) is 0 Å². The maximum absolute atomic E-state index is 4.42. The van der Waals surface area contributed by atoms with Crippen molar-refractivity contribution in [2.75, 3.05) is 6.54 Å². The van der Waals surface area contributed by atoms with Crippen molar-refractivity contribution in [1.29, 1.82) is 0 Å². The second kappa shape index (κ2) is 8.29. The number of nitrogens with zero attached hydrogens (tertiary/aromatic N) is 2. The zero-order chi connectivity index (χ0) is 12.5. The molecule has 1 N–H and O–H groups in total. The predicted molar refractivity (Wildman–Crippen MR) is 73.1 cm³/mol. The highest BCUT2D eigenvalue weighted by Crippen LogP contribution is 2.19. The Labute approximate surface area is 106 Å². The van der Waals surface area contributed by atoms with Crippen LogP contribution in [0.2, 0.25) is 0 Å². The molecule has 1 atom stereocenters. The monoisotopic (exact) mass is 237 g/mol. The fourth-order valence-electron chi connectivity index (χ4n) is 2.12. The molecule has 1 aromatic rings. The van der Waals surface area contributed by atoms with E-state index in [4.69, 9.17) is 0 Å². The summed E-state index contributed by atoms with van der Waals surface area (Å²) in [4.78, 5) is 0. The first-order chi connectivity index (χ1) is 8.33. The zero-order valence-electron chi connectivity index (χ0n) is 11.6. The summed E-state index contributed by atoms with van der Waals surface area (Å²) < 4.78 is 2.16. The molecule has 0 spiro atoms. The Morgan fingerprint density at radius 3 is 2.71 bits per heavy atom. The molecule has 0 aliphatic carbocycles. The van der Waals surface area contributed by atoms with E-state index in [0.29, 0.717) is 6.04 Å². The molecule has 0 amide bonds. The minimum Gasteiger partial charge on any atom is -0.309 e. The zero-order valence-corrected chi connectivity index (χ0v) is 11.6. The Morgan fingerprint density at radius 1 is 1.24 bits per heavy atom. The van der Waals surface area contributed by atoms with Crippen molar-refractivity contribution < 1.29 is 0 Å². The van der Waals surface area contributed by atoms with Gasteiger partial charge in [0.25, 0.3) is 0 Å². The van der Waals surface area contributed by atoms with Gasteiger partial charge in [-0.25, -0.2) is 0 Å². The summed E-state index contributed by atoms with van der Waals surface area (Å²) >= 11 is 0. The van der Waals surface area contributed by atoms with Crippen LogP contribution >= 0.6 is 0 Å². The minimum atomic E-state index is 0.476. The first-order valence-electron chi connectivity index (χ1n) is 7.08. The fourth-order valence-corrected chi connectivity index (χ4v) is 2.12. The van der Waals surface area contributed by atoms with Crippen LogP contribution in [0.1, 0.15) is 64.6 Å². The van der Waals surface area contributed by atoms with E-state index < -0.39 is 0 Å². The topological polar surface area (TPSA) is 29.9 Å². The van der Waals surface area contributed by atoms with Crippen molar-refractivity contribution in [3.8, 4) is 0 Å². The summed E-state index contributed by atoms with van der Waals surface area (Å²) in [5, 5.41) is 8.06. The molecular weight excluding hydrogens is 210 g/mol. The fraction of sp³-hybridized carbons (Fsp3) is 0.786. The lowest BCUT2D eigenvalue weighted by Crippen LogP contribution is -2.25. The molecule has 0 saturated carbocycles. The molecule has 0 radical (unpaired) electrons. The number of aryl methyl sites for hydroxylation is 1. The van der Waals surface area contributed by atoms with Gasteiger partial charge in [-0.2, -0.15) is 5.10 Å². The molecule has 0 saturated heterocycles. The van der Waals surface area contributed by atoms with Crippen LogP contribution in [0.4, 0.5) is 0 Å². The Balaban J connectivity index is 2.68. The smallest absolute Gasteiger partial charge is 0.0553 e. The van der Waals surface area contributed by atoms with Crippen LogP contribution in [0.3, 0.4) is 0 Å². The maximum atomic E-state index is 4.42. The lowest BCUT2D eigenvalue weighted by molar-refractivity contribution is 0.437. The van der Waals surface area contributed by atoms with Crippen LogP contribution < -0.4 is 5.32 Å². The van der Waals surface area contributed by atoms with Crippen LogP contribution in [-0.2, 0) is 6.54 Å². The highest BCUT2D eigenvalue weighted by molar-refractivity contribution is 5.07. The van der Waals surface area contributed by atoms with Gasteiger partial charge in [-0.15, -0.1) is 0 Å². The first kappa shape index (κ1) is 14.2. The lowest BCUT2D eigenvalue weighted by Gasteiger charge is -2.19. The highest BCUT2D eigenvalue weighted by Gasteiger charge is 2.14. The van der Waals surface area contributed by atoms with E-state index in [2.05, 4.69) is 41.9 Å². The van der Waals surface area contributed by atoms with Gasteiger partial charge < -0.3 is 5.32 Å². The molecule has 0 fully saturated rings. The average Bonchev–Trinajstić information content (AvgIpc) is 2.78. The largest absolute Gasteiger partial charge is 0.309 e. The highest BCUT2D eigenvalue weighted by atomic mass is 15.3. The summed E-state index contributed by atoms with van der Waals surface area (Å²) in [5.74, 6) is 0. The Kier molecular flexibility index (Phi) is 6.94. The molecule has 3 heteroatoms. The molecule has 98 valence electrons. The van der Waals surface area contributed by atoms with Gasteiger partial charge in [-0.3, -0.25) is 4.68 Å². The van der Waals surface area contributed by atoms with Gasteiger partial charge in [0.2, 0.25) is 0 Å². The van der Waals surface area contributed by atoms with Gasteiger partial charge in [0.1, 0.15) is 0 Å². The molecule has 0 aromatic carbocycles. The average molecular weight is 237 g/mol. The summed E-state index contributed by atoms with van der Waals surface area (Å²) in [5.41, 5.74) is 1.36. The normalized spacial score (nSPS) is 12.9. The van der Waals surface area contributed by atoms with Gasteiger partial charge in [-0.1, -0.05) is 33.6 Å². The van der Waals surface area contributed by atoms with Crippen LogP contribution in [0.5, 0.6) is 0 Å². The van der Waals surface area contributed by atoms with E-state index in [1.165, 1.54) is 31.4 Å². The molecule has 1 heterocycles. The number of aromatic nitrogens is 2. The van der Waals surface area contributed by atoms with Gasteiger partial charge >= 0.3 is 0 Å². The summed E-state index contributed by atoms with van der Waals surface area (Å²) in [6.45, 7) is 8.78. The Morgan fingerprint density at radius 2 is 2.06 bits per heavy atom. The second-order valence-corrected chi connectivity index (χ2v) is 4.63. The van der Waals surface area contributed by atoms with Crippen molar-refractivity contribution in [2.45, 2.75) is 65.5 Å². The molecule has 3 nitrogen and oxygen atoms in total. The van der Waals surface area contributed by atoms with Crippen molar-refractivity contribution in [3.63, 3.8) is 0 Å². The van der Waals surface area contributed by atoms with Crippen molar-refractivity contribution in [3.05, 3.63) is 18.0 Å². The molecule has 1 rings (SSSR count). The molecule has 1 unspecified atom stereocenters. The Hall–Kier alpha value is -0.830. The molecule has 17 heavy (non-hydrogen) atoms. The van der Waals surface area contributed by atoms with Gasteiger partial charge in [0, 0.05) is 18.8 Å². The minimum absolute atomic E-state index is 0.476. The number of nitrogens with one attached hydrogen (secondary N) is 1.